The first kappa shape index (κ1) is 15.3. The average Bonchev–Trinajstić information content (AvgIpc) is 3.27. The fourth-order valence-electron chi connectivity index (χ4n) is 3.57. The van der Waals surface area contributed by atoms with Gasteiger partial charge in [-0.3, -0.25) is 9.36 Å². The van der Waals surface area contributed by atoms with Crippen molar-refractivity contribution in [3.8, 4) is 5.95 Å². The number of fused-ring (bicyclic) bond motifs is 1. The van der Waals surface area contributed by atoms with Gasteiger partial charge in [-0.1, -0.05) is 0 Å². The van der Waals surface area contributed by atoms with E-state index in [1.54, 1.807) is 23.3 Å². The molecular weight excluding hydrogens is 306 g/mol. The molecule has 2 N–H and O–H groups in total. The number of carbonyl (C=O) groups is 1. The van der Waals surface area contributed by atoms with Crippen LogP contribution in [0.25, 0.3) is 5.95 Å². The lowest BCUT2D eigenvalue weighted by Crippen LogP contribution is -2.39. The molecule has 0 spiro atoms. The van der Waals surface area contributed by atoms with Crippen LogP contribution in [0.5, 0.6) is 0 Å². The molecule has 0 bridgehead atoms. The number of amides is 1. The summed E-state index contributed by atoms with van der Waals surface area (Å²) in [5.74, 6) is 0.371. The van der Waals surface area contributed by atoms with E-state index in [9.17, 15) is 9.90 Å². The number of hydrogen-bond donors (Lipinski definition) is 2. The molecule has 0 atom stereocenters. The van der Waals surface area contributed by atoms with Crippen LogP contribution in [-0.4, -0.2) is 42.7 Å². The van der Waals surface area contributed by atoms with Crippen molar-refractivity contribution in [3.05, 3.63) is 35.7 Å². The van der Waals surface area contributed by atoms with Crippen LogP contribution in [0.15, 0.2) is 18.7 Å². The number of imidazole rings is 1. The average molecular weight is 327 g/mol. The highest BCUT2D eigenvalue weighted by molar-refractivity contribution is 5.94. The first-order chi connectivity index (χ1) is 11.7. The molecule has 0 radical (unpaired) electrons. The molecule has 2 aliphatic carbocycles. The first-order valence-electron chi connectivity index (χ1n) is 8.58. The van der Waals surface area contributed by atoms with E-state index in [4.69, 9.17) is 0 Å². The van der Waals surface area contributed by atoms with Gasteiger partial charge in [0, 0.05) is 29.7 Å². The van der Waals surface area contributed by atoms with E-state index in [1.165, 1.54) is 0 Å². The molecule has 126 valence electrons. The molecule has 7 heteroatoms. The smallest absolute Gasteiger partial charge is 0.270 e. The topological polar surface area (TPSA) is 92.9 Å². The van der Waals surface area contributed by atoms with Gasteiger partial charge >= 0.3 is 0 Å². The number of rotatable bonds is 3. The molecule has 7 nitrogen and oxygen atoms in total. The second-order valence-corrected chi connectivity index (χ2v) is 6.60. The lowest BCUT2D eigenvalue weighted by atomic mass is 9.93. The maximum absolute atomic E-state index is 12.8. The zero-order valence-corrected chi connectivity index (χ0v) is 13.5. The third-order valence-electron chi connectivity index (χ3n) is 4.90. The van der Waals surface area contributed by atoms with Gasteiger partial charge in [0.15, 0.2) is 0 Å². The molecule has 24 heavy (non-hydrogen) atoms. The van der Waals surface area contributed by atoms with Crippen molar-refractivity contribution in [1.29, 1.82) is 0 Å². The van der Waals surface area contributed by atoms with E-state index in [0.29, 0.717) is 11.6 Å². The Morgan fingerprint density at radius 1 is 1.21 bits per heavy atom. The number of aliphatic hydroxyl groups excluding tert-OH is 1. The van der Waals surface area contributed by atoms with Crippen LogP contribution in [0.3, 0.4) is 0 Å². The van der Waals surface area contributed by atoms with Gasteiger partial charge in [0.1, 0.15) is 12.0 Å². The minimum absolute atomic E-state index is 0.115. The number of aryl methyl sites for hydroxylation is 1. The molecule has 2 aromatic heterocycles. The van der Waals surface area contributed by atoms with Gasteiger partial charge in [-0.05, 0) is 44.9 Å². The van der Waals surface area contributed by atoms with Crippen LogP contribution in [-0.2, 0) is 12.8 Å². The number of nitrogens with zero attached hydrogens (tertiary/aromatic N) is 4. The standard InChI is InChI=1S/C17H21N5O2/c23-12-6-4-11(5-7-12)19-16(24)15-13-2-1-3-14(13)20-17(21-15)22-9-8-18-10-22/h8-12,23H,1-7H2,(H,19,24)/t11-,12-. The van der Waals surface area contributed by atoms with Crippen LogP contribution < -0.4 is 5.32 Å². The van der Waals surface area contributed by atoms with E-state index >= 15 is 0 Å². The van der Waals surface area contributed by atoms with Crippen LogP contribution in [0, 0.1) is 0 Å². The highest BCUT2D eigenvalue weighted by atomic mass is 16.3. The minimum Gasteiger partial charge on any atom is -0.393 e. The summed E-state index contributed by atoms with van der Waals surface area (Å²) >= 11 is 0. The third-order valence-corrected chi connectivity index (χ3v) is 4.90. The lowest BCUT2D eigenvalue weighted by molar-refractivity contribution is 0.0862. The number of aromatic nitrogens is 4. The van der Waals surface area contributed by atoms with Crippen molar-refractivity contribution >= 4 is 5.91 Å². The van der Waals surface area contributed by atoms with Gasteiger partial charge in [-0.2, -0.15) is 0 Å². The maximum atomic E-state index is 12.8. The summed E-state index contributed by atoms with van der Waals surface area (Å²) in [4.78, 5) is 25.9. The Hall–Kier alpha value is -2.28. The van der Waals surface area contributed by atoms with Crippen LogP contribution >= 0.6 is 0 Å². The molecule has 4 rings (SSSR count). The van der Waals surface area contributed by atoms with Crippen LogP contribution in [0.4, 0.5) is 0 Å². The monoisotopic (exact) mass is 327 g/mol. The summed E-state index contributed by atoms with van der Waals surface area (Å²) in [6, 6.07) is 0.115. The van der Waals surface area contributed by atoms with Crippen molar-refractivity contribution < 1.29 is 9.90 Å². The van der Waals surface area contributed by atoms with E-state index in [1.807, 2.05) is 0 Å². The predicted molar refractivity (Wildman–Crippen MR) is 86.9 cm³/mol. The summed E-state index contributed by atoms with van der Waals surface area (Å²) in [6.07, 6.45) is 10.7. The van der Waals surface area contributed by atoms with Gasteiger partial charge in [-0.25, -0.2) is 15.0 Å². The summed E-state index contributed by atoms with van der Waals surface area (Å²) in [6.45, 7) is 0. The Bertz CT molecular complexity index is 736. The molecule has 2 aromatic rings. The van der Waals surface area contributed by atoms with Gasteiger partial charge in [0.2, 0.25) is 5.95 Å². The summed E-state index contributed by atoms with van der Waals surface area (Å²) in [5.41, 5.74) is 2.44. The minimum atomic E-state index is -0.228. The van der Waals surface area contributed by atoms with E-state index in [0.717, 1.165) is 56.2 Å². The van der Waals surface area contributed by atoms with Crippen LogP contribution in [0.1, 0.15) is 53.8 Å². The SMILES string of the molecule is O=C(N[C@H]1CC[C@H](O)CC1)c1nc(-n2ccnc2)nc2c1CCC2. The summed E-state index contributed by atoms with van der Waals surface area (Å²) in [5, 5.41) is 12.7. The fourth-order valence-corrected chi connectivity index (χ4v) is 3.57. The molecular formula is C17H21N5O2. The second kappa shape index (κ2) is 6.32. The highest BCUT2D eigenvalue weighted by Gasteiger charge is 2.27. The Labute approximate surface area is 140 Å². The number of aliphatic hydroxyl groups is 1. The van der Waals surface area contributed by atoms with Crippen molar-refractivity contribution in [3.63, 3.8) is 0 Å². The van der Waals surface area contributed by atoms with Gasteiger partial charge in [-0.15, -0.1) is 0 Å². The fraction of sp³-hybridized carbons (Fsp3) is 0.529. The number of nitrogens with one attached hydrogen (secondary N) is 1. The Balaban J connectivity index is 1.60. The largest absolute Gasteiger partial charge is 0.393 e. The second-order valence-electron chi connectivity index (χ2n) is 6.60. The molecule has 0 saturated heterocycles. The molecule has 0 aromatic carbocycles. The molecule has 0 unspecified atom stereocenters. The van der Waals surface area contributed by atoms with Gasteiger partial charge < -0.3 is 10.4 Å². The van der Waals surface area contributed by atoms with Crippen molar-refractivity contribution in [1.82, 2.24) is 24.8 Å². The van der Waals surface area contributed by atoms with Gasteiger partial charge in [0.05, 0.1) is 6.10 Å². The molecule has 0 aliphatic heterocycles. The van der Waals surface area contributed by atoms with E-state index < -0.39 is 0 Å². The Kier molecular flexibility index (Phi) is 4.02. The zero-order valence-electron chi connectivity index (χ0n) is 13.5. The zero-order chi connectivity index (χ0) is 16.5. The molecule has 2 aliphatic rings. The molecule has 1 amide bonds. The van der Waals surface area contributed by atoms with Gasteiger partial charge in [0.25, 0.3) is 5.91 Å². The predicted octanol–water partition coefficient (Wildman–Crippen LogP) is 1.18. The summed E-state index contributed by atoms with van der Waals surface area (Å²) < 4.78 is 1.73. The third kappa shape index (κ3) is 2.91. The maximum Gasteiger partial charge on any atom is 0.270 e. The molecule has 1 fully saturated rings. The first-order valence-corrected chi connectivity index (χ1v) is 8.58. The summed E-state index contributed by atoms with van der Waals surface area (Å²) in [7, 11) is 0. The van der Waals surface area contributed by atoms with Crippen molar-refractivity contribution in [2.75, 3.05) is 0 Å². The number of hydrogen-bond acceptors (Lipinski definition) is 5. The normalized spacial score (nSPS) is 23.0. The van der Waals surface area contributed by atoms with Crippen LogP contribution in [0.2, 0.25) is 0 Å². The highest BCUT2D eigenvalue weighted by Crippen LogP contribution is 2.25. The van der Waals surface area contributed by atoms with E-state index in [2.05, 4.69) is 20.3 Å². The molecule has 2 heterocycles. The van der Waals surface area contributed by atoms with Crippen molar-refractivity contribution in [2.24, 2.45) is 0 Å². The Morgan fingerprint density at radius 2 is 2.04 bits per heavy atom. The van der Waals surface area contributed by atoms with E-state index in [-0.39, 0.29) is 18.1 Å². The van der Waals surface area contributed by atoms with Crippen molar-refractivity contribution in [2.45, 2.75) is 57.1 Å². The number of carbonyl (C=O) groups excluding carboxylic acids is 1. The Morgan fingerprint density at radius 3 is 2.79 bits per heavy atom. The lowest BCUT2D eigenvalue weighted by Gasteiger charge is -2.26. The quantitative estimate of drug-likeness (QED) is 0.883. The molecule has 1 saturated carbocycles.